The molecule has 122 valence electrons. The highest BCUT2D eigenvalue weighted by Crippen LogP contribution is 2.20. The molecule has 23 heavy (non-hydrogen) atoms. The van der Waals surface area contributed by atoms with Crippen molar-refractivity contribution in [1.82, 2.24) is 19.5 Å². The molecular formula is C16H20N4O3. The van der Waals surface area contributed by atoms with Crippen molar-refractivity contribution in [3.63, 3.8) is 0 Å². The highest BCUT2D eigenvalue weighted by molar-refractivity contribution is 5.95. The minimum Gasteiger partial charge on any atom is -0.466 e. The smallest absolute Gasteiger partial charge is 0.309 e. The van der Waals surface area contributed by atoms with Crippen LogP contribution in [-0.2, 0) is 9.53 Å². The summed E-state index contributed by atoms with van der Waals surface area (Å²) in [6, 6.07) is 3.53. The molecule has 7 heteroatoms. The van der Waals surface area contributed by atoms with Crippen molar-refractivity contribution < 1.29 is 14.3 Å². The lowest BCUT2D eigenvalue weighted by Crippen LogP contribution is -2.40. The van der Waals surface area contributed by atoms with Crippen LogP contribution in [0, 0.1) is 12.8 Å². The third-order valence-corrected chi connectivity index (χ3v) is 4.23. The summed E-state index contributed by atoms with van der Waals surface area (Å²) in [6.45, 7) is 5.20. The second kappa shape index (κ2) is 6.36. The Morgan fingerprint density at radius 2 is 2.04 bits per heavy atom. The molecule has 0 atom stereocenters. The van der Waals surface area contributed by atoms with Gasteiger partial charge in [-0.05, 0) is 38.8 Å². The lowest BCUT2D eigenvalue weighted by atomic mass is 9.96. The summed E-state index contributed by atoms with van der Waals surface area (Å²) in [4.78, 5) is 26.1. The fraction of sp³-hybridized carbons (Fsp3) is 0.500. The summed E-state index contributed by atoms with van der Waals surface area (Å²) >= 11 is 0. The number of nitrogens with zero attached hydrogens (tertiary/aromatic N) is 4. The number of piperidine rings is 1. The molecule has 0 bridgehead atoms. The standard InChI is InChI=1S/C16H20N4O3/c1-3-23-16(22)12-4-7-19(8-5-12)15(21)13-6-9-20-11(2)17-18-14(20)10-13/h6,9-10,12H,3-5,7-8H2,1-2H3. The molecule has 0 aromatic carbocycles. The monoisotopic (exact) mass is 316 g/mol. The molecule has 0 unspecified atom stereocenters. The van der Waals surface area contributed by atoms with Gasteiger partial charge in [0.25, 0.3) is 5.91 Å². The zero-order chi connectivity index (χ0) is 16.4. The number of carbonyl (C=O) groups excluding carboxylic acids is 2. The number of hydrogen-bond donors (Lipinski definition) is 0. The van der Waals surface area contributed by atoms with E-state index in [4.69, 9.17) is 4.74 Å². The zero-order valence-electron chi connectivity index (χ0n) is 13.4. The van der Waals surface area contributed by atoms with Crippen LogP contribution >= 0.6 is 0 Å². The number of esters is 1. The predicted octanol–water partition coefficient (Wildman–Crippen LogP) is 1.45. The predicted molar refractivity (Wildman–Crippen MR) is 83.0 cm³/mol. The molecule has 0 spiro atoms. The van der Waals surface area contributed by atoms with Gasteiger partial charge < -0.3 is 9.64 Å². The van der Waals surface area contributed by atoms with Crippen molar-refractivity contribution in [1.29, 1.82) is 0 Å². The number of ether oxygens (including phenoxy) is 1. The van der Waals surface area contributed by atoms with E-state index in [1.807, 2.05) is 17.5 Å². The molecule has 0 radical (unpaired) electrons. The van der Waals surface area contributed by atoms with Crippen molar-refractivity contribution in [2.75, 3.05) is 19.7 Å². The SMILES string of the molecule is CCOC(=O)C1CCN(C(=O)c2ccn3c(C)nnc3c2)CC1. The number of rotatable bonds is 3. The summed E-state index contributed by atoms with van der Waals surface area (Å²) in [5.41, 5.74) is 1.26. The van der Waals surface area contributed by atoms with E-state index < -0.39 is 0 Å². The molecule has 1 fully saturated rings. The van der Waals surface area contributed by atoms with Gasteiger partial charge in [-0.1, -0.05) is 0 Å². The Labute approximate surface area is 134 Å². The van der Waals surface area contributed by atoms with E-state index in [0.29, 0.717) is 43.7 Å². The summed E-state index contributed by atoms with van der Waals surface area (Å²) in [5, 5.41) is 8.04. The van der Waals surface area contributed by atoms with Gasteiger partial charge in [0.15, 0.2) is 5.65 Å². The number of aryl methyl sites for hydroxylation is 1. The quantitative estimate of drug-likeness (QED) is 0.801. The van der Waals surface area contributed by atoms with Gasteiger partial charge in [-0.25, -0.2) is 0 Å². The minimum absolute atomic E-state index is 0.0320. The maximum atomic E-state index is 12.6. The van der Waals surface area contributed by atoms with E-state index in [1.54, 1.807) is 24.0 Å². The average Bonchev–Trinajstić information content (AvgIpc) is 2.95. The van der Waals surface area contributed by atoms with Gasteiger partial charge in [-0.3, -0.25) is 14.0 Å². The fourth-order valence-corrected chi connectivity index (χ4v) is 2.90. The van der Waals surface area contributed by atoms with Gasteiger partial charge >= 0.3 is 5.97 Å². The number of pyridine rings is 1. The zero-order valence-corrected chi connectivity index (χ0v) is 13.4. The van der Waals surface area contributed by atoms with E-state index in [9.17, 15) is 9.59 Å². The molecule has 0 aliphatic carbocycles. The van der Waals surface area contributed by atoms with Crippen molar-refractivity contribution >= 4 is 17.5 Å². The first-order chi connectivity index (χ1) is 11.1. The number of aromatic nitrogens is 3. The van der Waals surface area contributed by atoms with Crippen LogP contribution < -0.4 is 0 Å². The van der Waals surface area contributed by atoms with Crippen LogP contribution in [0.2, 0.25) is 0 Å². The van der Waals surface area contributed by atoms with Crippen LogP contribution in [0.15, 0.2) is 18.3 Å². The van der Waals surface area contributed by atoms with Crippen LogP contribution in [0.1, 0.15) is 35.9 Å². The summed E-state index contributed by atoms with van der Waals surface area (Å²) in [6.07, 6.45) is 3.11. The second-order valence-electron chi connectivity index (χ2n) is 5.71. The maximum Gasteiger partial charge on any atom is 0.309 e. The van der Waals surface area contributed by atoms with E-state index >= 15 is 0 Å². The first-order valence-corrected chi connectivity index (χ1v) is 7.87. The summed E-state index contributed by atoms with van der Waals surface area (Å²) in [5.74, 6) is 0.505. The van der Waals surface area contributed by atoms with Crippen molar-refractivity contribution in [3.8, 4) is 0 Å². The molecule has 2 aromatic heterocycles. The first-order valence-electron chi connectivity index (χ1n) is 7.87. The van der Waals surface area contributed by atoms with Gasteiger partial charge in [0.05, 0.1) is 12.5 Å². The van der Waals surface area contributed by atoms with Gasteiger partial charge in [-0.2, -0.15) is 0 Å². The Hall–Kier alpha value is -2.44. The molecule has 1 amide bonds. The largest absolute Gasteiger partial charge is 0.466 e. The number of fused-ring (bicyclic) bond motifs is 1. The molecule has 1 saturated heterocycles. The molecule has 1 aliphatic heterocycles. The van der Waals surface area contributed by atoms with Gasteiger partial charge in [0, 0.05) is 24.8 Å². The Balaban J connectivity index is 1.67. The number of carbonyl (C=O) groups is 2. The topological polar surface area (TPSA) is 76.8 Å². The third-order valence-electron chi connectivity index (χ3n) is 4.23. The average molecular weight is 316 g/mol. The van der Waals surface area contributed by atoms with Gasteiger partial charge in [0.1, 0.15) is 5.82 Å². The van der Waals surface area contributed by atoms with Gasteiger partial charge in [0.2, 0.25) is 0 Å². The minimum atomic E-state index is -0.153. The van der Waals surface area contributed by atoms with Crippen LogP contribution in [0.4, 0.5) is 0 Å². The Bertz CT molecular complexity index is 732. The lowest BCUT2D eigenvalue weighted by molar-refractivity contribution is -0.149. The normalized spacial score (nSPS) is 15.8. The molecule has 0 N–H and O–H groups in total. The van der Waals surface area contributed by atoms with E-state index in [-0.39, 0.29) is 17.8 Å². The number of likely N-dealkylation sites (tertiary alicyclic amines) is 1. The Kier molecular flexibility index (Phi) is 4.27. The molecule has 7 nitrogen and oxygen atoms in total. The van der Waals surface area contributed by atoms with Crippen molar-refractivity contribution in [2.24, 2.45) is 5.92 Å². The van der Waals surface area contributed by atoms with Crippen LogP contribution in [-0.4, -0.2) is 51.1 Å². The lowest BCUT2D eigenvalue weighted by Gasteiger charge is -2.30. The van der Waals surface area contributed by atoms with Crippen molar-refractivity contribution in [2.45, 2.75) is 26.7 Å². The Morgan fingerprint density at radius 1 is 1.30 bits per heavy atom. The summed E-state index contributed by atoms with van der Waals surface area (Å²) < 4.78 is 6.89. The second-order valence-corrected chi connectivity index (χ2v) is 5.71. The van der Waals surface area contributed by atoms with E-state index in [2.05, 4.69) is 10.2 Å². The number of amides is 1. The molecule has 3 heterocycles. The van der Waals surface area contributed by atoms with Gasteiger partial charge in [-0.15, -0.1) is 10.2 Å². The van der Waals surface area contributed by atoms with E-state index in [1.165, 1.54) is 0 Å². The van der Waals surface area contributed by atoms with Crippen LogP contribution in [0.3, 0.4) is 0 Å². The maximum absolute atomic E-state index is 12.6. The molecule has 1 aliphatic rings. The third kappa shape index (κ3) is 3.04. The highest BCUT2D eigenvalue weighted by atomic mass is 16.5. The van der Waals surface area contributed by atoms with Crippen LogP contribution in [0.5, 0.6) is 0 Å². The Morgan fingerprint density at radius 3 is 2.74 bits per heavy atom. The highest BCUT2D eigenvalue weighted by Gasteiger charge is 2.28. The number of hydrogen-bond acceptors (Lipinski definition) is 5. The molecular weight excluding hydrogens is 296 g/mol. The van der Waals surface area contributed by atoms with Crippen molar-refractivity contribution in [3.05, 3.63) is 29.7 Å². The first kappa shape index (κ1) is 15.5. The molecule has 3 rings (SSSR count). The van der Waals surface area contributed by atoms with Crippen LogP contribution in [0.25, 0.3) is 5.65 Å². The van der Waals surface area contributed by atoms with E-state index in [0.717, 1.165) is 5.82 Å². The molecule has 0 saturated carbocycles. The molecule has 2 aromatic rings. The summed E-state index contributed by atoms with van der Waals surface area (Å²) in [7, 11) is 0. The fourth-order valence-electron chi connectivity index (χ4n) is 2.90.